The maximum atomic E-state index is 10.5. The van der Waals surface area contributed by atoms with E-state index in [-0.39, 0.29) is 9.89 Å². The lowest BCUT2D eigenvalue weighted by Crippen LogP contribution is -2.13. The van der Waals surface area contributed by atoms with Crippen LogP contribution in [0.1, 0.15) is 0 Å². The lowest BCUT2D eigenvalue weighted by Gasteiger charge is -1.98. The molecule has 0 heterocycles. The molecule has 48 valence electrons. The van der Waals surface area contributed by atoms with Gasteiger partial charge in [-0.15, -0.1) is 0 Å². The highest BCUT2D eigenvalue weighted by Crippen LogP contribution is 2.08. The number of carbonyl (C=O) groups excluding carboxylic acids is 1. The highest BCUT2D eigenvalue weighted by atomic mass is 127. The molecule has 0 aromatic carbocycles. The van der Waals surface area contributed by atoms with Crippen LogP contribution < -0.4 is 0 Å². The van der Waals surface area contributed by atoms with Gasteiger partial charge < -0.3 is 3.07 Å². The number of hydrogen-bond donors (Lipinski definition) is 0. The molecule has 0 spiro atoms. The van der Waals surface area contributed by atoms with Crippen LogP contribution in [0.3, 0.4) is 0 Å². The van der Waals surface area contributed by atoms with Crippen molar-refractivity contribution in [2.24, 2.45) is 0 Å². The van der Waals surface area contributed by atoms with E-state index in [4.69, 9.17) is 0 Å². The minimum absolute atomic E-state index is 0.00472. The third kappa shape index (κ3) is 3.64. The van der Waals surface area contributed by atoms with Gasteiger partial charge in [0.25, 0.3) is 0 Å². The topological polar surface area (TPSA) is 26.3 Å². The van der Waals surface area contributed by atoms with Crippen molar-refractivity contribution >= 4 is 74.2 Å². The van der Waals surface area contributed by atoms with E-state index in [1.165, 1.54) is 0 Å². The molecule has 1 unspecified atom stereocenters. The fourth-order valence-corrected chi connectivity index (χ4v) is 1.39. The highest BCUT2D eigenvalue weighted by molar-refractivity contribution is 14.1. The molecule has 0 amide bonds. The van der Waals surface area contributed by atoms with Crippen molar-refractivity contribution in [2.75, 3.05) is 4.43 Å². The maximum Gasteiger partial charge on any atom is 0.329 e. The van der Waals surface area contributed by atoms with Crippen molar-refractivity contribution in [2.45, 2.75) is 3.92 Å². The Labute approximate surface area is 89.1 Å². The Morgan fingerprint density at radius 3 is 2.38 bits per heavy atom. The molecule has 0 aromatic heterocycles. The van der Waals surface area contributed by atoms with E-state index in [0.29, 0.717) is 0 Å². The number of carbonyl (C=O) groups is 1. The Morgan fingerprint density at radius 2 is 2.25 bits per heavy atom. The average Bonchev–Trinajstić information content (AvgIpc) is 1.84. The van der Waals surface area contributed by atoms with Gasteiger partial charge in [-0.1, -0.05) is 45.2 Å². The van der Waals surface area contributed by atoms with Crippen LogP contribution in [-0.2, 0) is 7.86 Å². The molecule has 0 aliphatic rings. The third-order valence-corrected chi connectivity index (χ3v) is 4.42. The van der Waals surface area contributed by atoms with Gasteiger partial charge in [-0.3, -0.25) is 4.79 Å². The molecule has 0 rings (SSSR count). The van der Waals surface area contributed by atoms with Gasteiger partial charge in [0.05, 0.1) is 0 Å². The first kappa shape index (κ1) is 9.66. The van der Waals surface area contributed by atoms with Gasteiger partial charge in [0.2, 0.25) is 0 Å². The van der Waals surface area contributed by atoms with Crippen molar-refractivity contribution in [3.63, 3.8) is 0 Å². The molecular weight excluding hydrogens is 449 g/mol. The molecule has 0 aliphatic carbocycles. The van der Waals surface area contributed by atoms with E-state index >= 15 is 0 Å². The Bertz CT molecular complexity index is 84.6. The second-order valence-electron chi connectivity index (χ2n) is 1.02. The van der Waals surface area contributed by atoms with E-state index in [9.17, 15) is 4.79 Å². The largest absolute Gasteiger partial charge is 0.394 e. The zero-order valence-corrected chi connectivity index (χ0v) is 10.2. The minimum Gasteiger partial charge on any atom is -0.394 e. The lowest BCUT2D eigenvalue weighted by atomic mass is 10.5. The van der Waals surface area contributed by atoms with Gasteiger partial charge in [0.15, 0.2) is 23.0 Å². The number of rotatable bonds is 2. The first-order valence-corrected chi connectivity index (χ1v) is 5.40. The molecular formula is C3H3I3O2. The van der Waals surface area contributed by atoms with Gasteiger partial charge in [-0.05, 0) is 0 Å². The summed E-state index contributed by atoms with van der Waals surface area (Å²) in [6.45, 7) is 0. The third-order valence-electron chi connectivity index (χ3n) is 0.467. The van der Waals surface area contributed by atoms with Crippen molar-refractivity contribution in [3.05, 3.63) is 0 Å². The van der Waals surface area contributed by atoms with Crippen LogP contribution >= 0.6 is 68.2 Å². The minimum atomic E-state index is -0.152. The lowest BCUT2D eigenvalue weighted by molar-refractivity contribution is -0.129. The van der Waals surface area contributed by atoms with Crippen LogP contribution in [0.4, 0.5) is 0 Å². The Morgan fingerprint density at radius 1 is 1.75 bits per heavy atom. The van der Waals surface area contributed by atoms with Crippen molar-refractivity contribution in [1.29, 1.82) is 0 Å². The highest BCUT2D eigenvalue weighted by Gasteiger charge is 2.12. The van der Waals surface area contributed by atoms with Crippen LogP contribution in [0.5, 0.6) is 0 Å². The first-order chi connectivity index (χ1) is 3.72. The Hall–Kier alpha value is 1.66. The van der Waals surface area contributed by atoms with Crippen molar-refractivity contribution < 1.29 is 7.86 Å². The smallest absolute Gasteiger partial charge is 0.329 e. The van der Waals surface area contributed by atoms with Gasteiger partial charge in [-0.2, -0.15) is 0 Å². The van der Waals surface area contributed by atoms with Gasteiger partial charge in [0, 0.05) is 4.43 Å². The molecule has 2 nitrogen and oxygen atoms in total. The van der Waals surface area contributed by atoms with E-state index in [2.05, 4.69) is 25.7 Å². The Balaban J connectivity index is 3.46. The SMILES string of the molecule is O=C(OI)C(I)CI. The van der Waals surface area contributed by atoms with E-state index in [1.54, 1.807) is 23.0 Å². The molecule has 0 N–H and O–H groups in total. The summed E-state index contributed by atoms with van der Waals surface area (Å²) in [7, 11) is 0. The summed E-state index contributed by atoms with van der Waals surface area (Å²) >= 11 is 5.78. The number of halogens is 3. The first-order valence-electron chi connectivity index (χ1n) is 1.74. The van der Waals surface area contributed by atoms with E-state index in [0.717, 1.165) is 4.43 Å². The quantitative estimate of drug-likeness (QED) is 0.475. The molecule has 8 heavy (non-hydrogen) atoms. The molecule has 0 aromatic rings. The molecule has 0 saturated carbocycles. The summed E-state index contributed by atoms with van der Waals surface area (Å²) in [5.74, 6) is -0.152. The van der Waals surface area contributed by atoms with Crippen LogP contribution in [0.15, 0.2) is 0 Å². The number of alkyl halides is 2. The fourth-order valence-electron chi connectivity index (χ4n) is 0.111. The molecule has 0 radical (unpaired) electrons. The molecule has 0 fully saturated rings. The summed E-state index contributed by atoms with van der Waals surface area (Å²) < 4.78 is 5.23. The summed E-state index contributed by atoms with van der Waals surface area (Å²) in [6, 6.07) is 0. The van der Waals surface area contributed by atoms with Gasteiger partial charge in [0.1, 0.15) is 3.92 Å². The molecule has 1 atom stereocenters. The molecule has 0 aliphatic heterocycles. The molecule has 0 bridgehead atoms. The number of hydrogen-bond acceptors (Lipinski definition) is 2. The van der Waals surface area contributed by atoms with Crippen LogP contribution in [-0.4, -0.2) is 14.3 Å². The Kier molecular flexibility index (Phi) is 6.58. The van der Waals surface area contributed by atoms with E-state index in [1.807, 2.05) is 22.6 Å². The fraction of sp³-hybridized carbons (Fsp3) is 0.667. The zero-order chi connectivity index (χ0) is 6.57. The molecule has 5 heteroatoms. The zero-order valence-electron chi connectivity index (χ0n) is 3.73. The second kappa shape index (κ2) is 5.45. The normalized spacial score (nSPS) is 12.9. The van der Waals surface area contributed by atoms with Crippen LogP contribution in [0.2, 0.25) is 0 Å². The summed E-state index contributed by atoms with van der Waals surface area (Å²) in [5.41, 5.74) is 0. The van der Waals surface area contributed by atoms with Crippen LogP contribution in [0.25, 0.3) is 0 Å². The standard InChI is InChI=1S/C3H3I3O2/c4-1-2(5)3(7)8-6/h2H,1H2. The summed E-state index contributed by atoms with van der Waals surface area (Å²) in [5, 5.41) is 0. The van der Waals surface area contributed by atoms with Crippen molar-refractivity contribution in [1.82, 2.24) is 0 Å². The van der Waals surface area contributed by atoms with Crippen molar-refractivity contribution in [3.8, 4) is 0 Å². The molecule has 0 saturated heterocycles. The monoisotopic (exact) mass is 452 g/mol. The van der Waals surface area contributed by atoms with Crippen LogP contribution in [0, 0.1) is 0 Å². The summed E-state index contributed by atoms with van der Waals surface area (Å²) in [4.78, 5) is 10.5. The van der Waals surface area contributed by atoms with Gasteiger partial charge >= 0.3 is 5.97 Å². The predicted octanol–water partition coefficient (Wildman–Crippen LogP) is 2.12. The van der Waals surface area contributed by atoms with E-state index < -0.39 is 0 Å². The predicted molar refractivity (Wildman–Crippen MR) is 56.8 cm³/mol. The van der Waals surface area contributed by atoms with Gasteiger partial charge in [-0.25, -0.2) is 0 Å². The maximum absolute atomic E-state index is 10.5. The average molecular weight is 452 g/mol. The second-order valence-corrected chi connectivity index (χ2v) is 3.84. The summed E-state index contributed by atoms with van der Waals surface area (Å²) in [6.07, 6.45) is 0.